The van der Waals surface area contributed by atoms with E-state index in [4.69, 9.17) is 0 Å². The minimum Gasteiger partial charge on any atom is -0.285 e. The second kappa shape index (κ2) is 13.6. The maximum absolute atomic E-state index is 11.3. The molecule has 0 heterocycles. The molecule has 0 aliphatic heterocycles. The van der Waals surface area contributed by atoms with Crippen molar-refractivity contribution in [1.29, 1.82) is 0 Å². The highest BCUT2D eigenvalue weighted by molar-refractivity contribution is 7.86. The fourth-order valence-corrected chi connectivity index (χ4v) is 3.68. The lowest BCUT2D eigenvalue weighted by atomic mass is 10.0. The van der Waals surface area contributed by atoms with Crippen LogP contribution < -0.4 is 0 Å². The molecule has 0 fully saturated rings. The van der Waals surface area contributed by atoms with Crippen molar-refractivity contribution in [2.24, 2.45) is 0 Å². The Labute approximate surface area is 132 Å². The summed E-state index contributed by atoms with van der Waals surface area (Å²) in [4.78, 5) is 0. The molecule has 0 aliphatic rings. The molecule has 0 bridgehead atoms. The summed E-state index contributed by atoms with van der Waals surface area (Å²) in [6.07, 6.45) is 15.3. The zero-order chi connectivity index (χ0) is 16.0. The van der Waals surface area contributed by atoms with Gasteiger partial charge in [0.2, 0.25) is 0 Å². The van der Waals surface area contributed by atoms with Crippen LogP contribution in [0.3, 0.4) is 0 Å². The zero-order valence-electron chi connectivity index (χ0n) is 14.1. The van der Waals surface area contributed by atoms with Gasteiger partial charge in [-0.15, -0.1) is 0 Å². The molecule has 1 atom stereocenters. The fourth-order valence-electron chi connectivity index (χ4n) is 2.75. The van der Waals surface area contributed by atoms with E-state index in [0.29, 0.717) is 12.8 Å². The van der Waals surface area contributed by atoms with E-state index in [2.05, 4.69) is 13.8 Å². The number of rotatable bonds is 15. The van der Waals surface area contributed by atoms with E-state index >= 15 is 0 Å². The van der Waals surface area contributed by atoms with Crippen LogP contribution in [0.5, 0.6) is 0 Å². The predicted octanol–water partition coefficient (Wildman–Crippen LogP) is 5.74. The SMILES string of the molecule is CCCCCCCCCCCC(CCCCC)S(=O)(=O)O. The summed E-state index contributed by atoms with van der Waals surface area (Å²) in [5.74, 6) is 0. The molecule has 4 heteroatoms. The van der Waals surface area contributed by atoms with Gasteiger partial charge in [0.25, 0.3) is 10.1 Å². The Kier molecular flexibility index (Phi) is 13.5. The highest BCUT2D eigenvalue weighted by Gasteiger charge is 2.21. The normalized spacial score (nSPS) is 13.5. The fraction of sp³-hybridized carbons (Fsp3) is 1.00. The Morgan fingerprint density at radius 3 is 1.43 bits per heavy atom. The lowest BCUT2D eigenvalue weighted by molar-refractivity contribution is 0.444. The number of unbranched alkanes of at least 4 members (excludes halogenated alkanes) is 10. The van der Waals surface area contributed by atoms with Crippen molar-refractivity contribution in [3.8, 4) is 0 Å². The van der Waals surface area contributed by atoms with Gasteiger partial charge in [0.1, 0.15) is 0 Å². The van der Waals surface area contributed by atoms with Crippen LogP contribution in [0.25, 0.3) is 0 Å². The standard InChI is InChI=1S/C17H36O3S/c1-3-5-7-8-9-10-11-12-14-16-17(21(18,19)20)15-13-6-4-2/h17H,3-16H2,1-2H3,(H,18,19,20). The summed E-state index contributed by atoms with van der Waals surface area (Å²) in [5.41, 5.74) is 0. The molecular weight excluding hydrogens is 284 g/mol. The third-order valence-electron chi connectivity index (χ3n) is 4.18. The molecule has 0 saturated heterocycles. The van der Waals surface area contributed by atoms with Crippen LogP contribution in [0.1, 0.15) is 104 Å². The van der Waals surface area contributed by atoms with E-state index < -0.39 is 15.4 Å². The second-order valence-electron chi connectivity index (χ2n) is 6.25. The zero-order valence-corrected chi connectivity index (χ0v) is 15.0. The molecule has 0 aromatic heterocycles. The molecule has 1 N–H and O–H groups in total. The first-order valence-electron chi connectivity index (χ1n) is 8.98. The van der Waals surface area contributed by atoms with Crippen molar-refractivity contribution < 1.29 is 13.0 Å². The maximum Gasteiger partial charge on any atom is 0.267 e. The summed E-state index contributed by atoms with van der Waals surface area (Å²) in [7, 11) is -3.85. The molecule has 0 rings (SSSR count). The van der Waals surface area contributed by atoms with Crippen LogP contribution in [0, 0.1) is 0 Å². The van der Waals surface area contributed by atoms with E-state index in [1.54, 1.807) is 0 Å². The van der Waals surface area contributed by atoms with Crippen LogP contribution in [-0.4, -0.2) is 18.2 Å². The molecule has 128 valence electrons. The summed E-state index contributed by atoms with van der Waals surface area (Å²) < 4.78 is 32.0. The molecule has 0 aliphatic carbocycles. The first-order chi connectivity index (χ1) is 10.0. The van der Waals surface area contributed by atoms with Crippen molar-refractivity contribution in [2.45, 2.75) is 109 Å². The quantitative estimate of drug-likeness (QED) is 0.309. The summed E-state index contributed by atoms with van der Waals surface area (Å²) in [6, 6.07) is 0. The van der Waals surface area contributed by atoms with Crippen LogP contribution in [0.4, 0.5) is 0 Å². The lowest BCUT2D eigenvalue weighted by Crippen LogP contribution is -2.20. The van der Waals surface area contributed by atoms with Crippen molar-refractivity contribution in [3.63, 3.8) is 0 Å². The molecule has 0 spiro atoms. The van der Waals surface area contributed by atoms with Crippen LogP contribution >= 0.6 is 0 Å². The van der Waals surface area contributed by atoms with E-state index in [1.165, 1.54) is 44.9 Å². The smallest absolute Gasteiger partial charge is 0.267 e. The summed E-state index contributed by atoms with van der Waals surface area (Å²) >= 11 is 0. The lowest BCUT2D eigenvalue weighted by Gasteiger charge is -2.13. The molecular formula is C17H36O3S. The number of hydrogen-bond acceptors (Lipinski definition) is 2. The Hall–Kier alpha value is -0.0900. The first kappa shape index (κ1) is 20.9. The molecule has 0 amide bonds. The molecule has 3 nitrogen and oxygen atoms in total. The molecule has 0 aromatic carbocycles. The van der Waals surface area contributed by atoms with Gasteiger partial charge in [0.15, 0.2) is 0 Å². The van der Waals surface area contributed by atoms with Gasteiger partial charge in [-0.3, -0.25) is 4.55 Å². The number of hydrogen-bond donors (Lipinski definition) is 1. The van der Waals surface area contributed by atoms with Crippen LogP contribution in [0.15, 0.2) is 0 Å². The highest BCUT2D eigenvalue weighted by atomic mass is 32.2. The third kappa shape index (κ3) is 13.3. The minimum absolute atomic E-state index is 0.534. The predicted molar refractivity (Wildman–Crippen MR) is 91.3 cm³/mol. The minimum atomic E-state index is -3.85. The molecule has 21 heavy (non-hydrogen) atoms. The van der Waals surface area contributed by atoms with Gasteiger partial charge in [0, 0.05) is 0 Å². The average Bonchev–Trinajstić information content (AvgIpc) is 2.42. The molecule has 0 radical (unpaired) electrons. The Morgan fingerprint density at radius 1 is 0.667 bits per heavy atom. The Balaban J connectivity index is 3.64. The molecule has 0 saturated carbocycles. The second-order valence-corrected chi connectivity index (χ2v) is 7.95. The van der Waals surface area contributed by atoms with Crippen LogP contribution in [0.2, 0.25) is 0 Å². The first-order valence-corrected chi connectivity index (χ1v) is 10.5. The third-order valence-corrected chi connectivity index (χ3v) is 5.49. The van der Waals surface area contributed by atoms with Gasteiger partial charge in [-0.1, -0.05) is 90.9 Å². The van der Waals surface area contributed by atoms with E-state index in [9.17, 15) is 13.0 Å². The Morgan fingerprint density at radius 2 is 1.00 bits per heavy atom. The van der Waals surface area contributed by atoms with Crippen molar-refractivity contribution in [2.75, 3.05) is 0 Å². The van der Waals surface area contributed by atoms with Crippen LogP contribution in [-0.2, 0) is 10.1 Å². The largest absolute Gasteiger partial charge is 0.285 e. The van der Waals surface area contributed by atoms with Gasteiger partial charge in [0.05, 0.1) is 5.25 Å². The highest BCUT2D eigenvalue weighted by Crippen LogP contribution is 2.18. The monoisotopic (exact) mass is 320 g/mol. The van der Waals surface area contributed by atoms with Crippen molar-refractivity contribution in [1.82, 2.24) is 0 Å². The van der Waals surface area contributed by atoms with Gasteiger partial charge >= 0.3 is 0 Å². The Bertz CT molecular complexity index is 312. The van der Waals surface area contributed by atoms with Gasteiger partial charge in [-0.05, 0) is 12.8 Å². The molecule has 1 unspecified atom stereocenters. The topological polar surface area (TPSA) is 54.4 Å². The van der Waals surface area contributed by atoms with E-state index in [0.717, 1.165) is 32.1 Å². The maximum atomic E-state index is 11.3. The van der Waals surface area contributed by atoms with Crippen molar-refractivity contribution >= 4 is 10.1 Å². The molecule has 0 aromatic rings. The summed E-state index contributed by atoms with van der Waals surface area (Å²) in [5, 5.41) is -0.534. The van der Waals surface area contributed by atoms with Gasteiger partial charge in [-0.25, -0.2) is 0 Å². The van der Waals surface area contributed by atoms with Gasteiger partial charge < -0.3 is 0 Å². The summed E-state index contributed by atoms with van der Waals surface area (Å²) in [6.45, 7) is 4.33. The van der Waals surface area contributed by atoms with E-state index in [1.807, 2.05) is 0 Å². The van der Waals surface area contributed by atoms with E-state index in [-0.39, 0.29) is 0 Å². The van der Waals surface area contributed by atoms with Gasteiger partial charge in [-0.2, -0.15) is 8.42 Å². The van der Waals surface area contributed by atoms with Crippen molar-refractivity contribution in [3.05, 3.63) is 0 Å². The average molecular weight is 321 g/mol.